The minimum Gasteiger partial charge on any atom is -0.396 e. The van der Waals surface area contributed by atoms with E-state index < -0.39 is 15.4 Å². The number of hydrogen-bond donors (Lipinski definition) is 2. The molecular weight excluding hydrogens is 531 g/mol. The van der Waals surface area contributed by atoms with Crippen molar-refractivity contribution in [2.75, 3.05) is 19.7 Å². The molecule has 0 aromatic heterocycles. The zero-order valence-electron chi connectivity index (χ0n) is 20.5. The largest absolute Gasteiger partial charge is 0.396 e. The first kappa shape index (κ1) is 27.1. The summed E-state index contributed by atoms with van der Waals surface area (Å²) in [5, 5.41) is 20.3. The van der Waals surface area contributed by atoms with Gasteiger partial charge >= 0.3 is 0 Å². The molecule has 7 nitrogen and oxygen atoms in total. The van der Waals surface area contributed by atoms with Gasteiger partial charge in [-0.05, 0) is 47.5 Å². The highest BCUT2D eigenvalue weighted by molar-refractivity contribution is 7.90. The third-order valence-electron chi connectivity index (χ3n) is 5.97. The highest BCUT2D eigenvalue weighted by atomic mass is 35.5. The standard InChI is InChI=1S/C27H28Cl2N4O3S/c1-27(2,18-34)17-30-26(32-37(35,36)23-14-12-22(29)13-15-23)33-16-24(19-6-4-3-5-7-19)25(31-33)20-8-10-21(28)11-9-20/h3-15,24,34H,16-18H2,1-2H3,(H,30,32). The SMILES string of the molecule is CC(C)(CO)CN/C(=N\S(=O)(=O)c1ccc(Cl)cc1)N1CC(c2ccccc2)C(c2ccc(Cl)cc2)=N1. The van der Waals surface area contributed by atoms with Crippen LogP contribution in [0.3, 0.4) is 0 Å². The van der Waals surface area contributed by atoms with Gasteiger partial charge in [-0.1, -0.05) is 79.5 Å². The Labute approximate surface area is 227 Å². The van der Waals surface area contributed by atoms with E-state index >= 15 is 0 Å². The van der Waals surface area contributed by atoms with Crippen LogP contribution in [0.5, 0.6) is 0 Å². The fourth-order valence-electron chi connectivity index (χ4n) is 3.78. The van der Waals surface area contributed by atoms with Crippen LogP contribution in [-0.2, 0) is 10.0 Å². The third kappa shape index (κ3) is 6.70. The summed E-state index contributed by atoms with van der Waals surface area (Å²) < 4.78 is 30.6. The molecule has 1 atom stereocenters. The van der Waals surface area contributed by atoms with Crippen LogP contribution < -0.4 is 5.32 Å². The number of nitrogens with zero attached hydrogens (tertiary/aromatic N) is 3. The van der Waals surface area contributed by atoms with Crippen molar-refractivity contribution in [3.8, 4) is 0 Å². The Morgan fingerprint density at radius 3 is 2.22 bits per heavy atom. The molecule has 1 unspecified atom stereocenters. The van der Waals surface area contributed by atoms with Crippen molar-refractivity contribution in [2.24, 2.45) is 14.9 Å². The average molecular weight is 560 g/mol. The first-order valence-corrected chi connectivity index (χ1v) is 13.9. The van der Waals surface area contributed by atoms with Crippen molar-refractivity contribution in [1.82, 2.24) is 10.3 Å². The van der Waals surface area contributed by atoms with Crippen LogP contribution in [0.1, 0.15) is 30.9 Å². The molecule has 194 valence electrons. The monoisotopic (exact) mass is 558 g/mol. The number of sulfonamides is 1. The quantitative estimate of drug-likeness (QED) is 0.309. The molecule has 1 aliphatic heterocycles. The summed E-state index contributed by atoms with van der Waals surface area (Å²) in [6, 6.07) is 23.1. The maximum Gasteiger partial charge on any atom is 0.285 e. The van der Waals surface area contributed by atoms with Crippen LogP contribution in [0, 0.1) is 5.41 Å². The summed E-state index contributed by atoms with van der Waals surface area (Å²) in [5.74, 6) is -0.0696. The molecule has 4 rings (SSSR count). The smallest absolute Gasteiger partial charge is 0.285 e. The fraction of sp³-hybridized carbons (Fsp3) is 0.259. The molecule has 0 radical (unpaired) electrons. The fourth-order valence-corrected chi connectivity index (χ4v) is 5.00. The van der Waals surface area contributed by atoms with Crippen molar-refractivity contribution in [3.63, 3.8) is 0 Å². The molecule has 3 aromatic rings. The van der Waals surface area contributed by atoms with Gasteiger partial charge in [-0.3, -0.25) is 0 Å². The molecule has 1 aliphatic rings. The van der Waals surface area contributed by atoms with Crippen LogP contribution in [0.4, 0.5) is 0 Å². The number of hydrazone groups is 1. The molecule has 0 bridgehead atoms. The molecule has 10 heteroatoms. The van der Waals surface area contributed by atoms with Gasteiger partial charge in [-0.2, -0.15) is 13.5 Å². The van der Waals surface area contributed by atoms with Crippen molar-refractivity contribution in [1.29, 1.82) is 0 Å². The third-order valence-corrected chi connectivity index (χ3v) is 7.76. The zero-order chi connectivity index (χ0) is 26.6. The molecule has 0 amide bonds. The Morgan fingerprint density at radius 1 is 1.03 bits per heavy atom. The predicted octanol–water partition coefficient (Wildman–Crippen LogP) is 5.15. The minimum absolute atomic E-state index is 0.0123. The van der Waals surface area contributed by atoms with E-state index in [1.54, 1.807) is 17.1 Å². The highest BCUT2D eigenvalue weighted by Gasteiger charge is 2.33. The number of guanidine groups is 1. The summed E-state index contributed by atoms with van der Waals surface area (Å²) in [4.78, 5) is 0.0123. The average Bonchev–Trinajstić information content (AvgIpc) is 3.33. The molecule has 0 saturated heterocycles. The van der Waals surface area contributed by atoms with Crippen LogP contribution >= 0.6 is 23.2 Å². The van der Waals surface area contributed by atoms with Gasteiger partial charge in [0.05, 0.1) is 17.2 Å². The van der Waals surface area contributed by atoms with E-state index in [9.17, 15) is 13.5 Å². The van der Waals surface area contributed by atoms with Crippen LogP contribution in [0.15, 0.2) is 93.3 Å². The molecule has 0 aliphatic carbocycles. The molecule has 37 heavy (non-hydrogen) atoms. The molecule has 1 heterocycles. The summed E-state index contributed by atoms with van der Waals surface area (Å²) in [6.07, 6.45) is 0. The van der Waals surface area contributed by atoms with Gasteiger partial charge in [0.15, 0.2) is 0 Å². The van der Waals surface area contributed by atoms with Crippen molar-refractivity contribution in [2.45, 2.75) is 24.7 Å². The second-order valence-electron chi connectivity index (χ2n) is 9.56. The van der Waals surface area contributed by atoms with Gasteiger partial charge < -0.3 is 10.4 Å². The molecule has 0 saturated carbocycles. The number of benzene rings is 3. The molecule has 0 spiro atoms. The van der Waals surface area contributed by atoms with E-state index in [1.165, 1.54) is 24.3 Å². The Hall–Kier alpha value is -2.91. The van der Waals surface area contributed by atoms with E-state index in [1.807, 2.05) is 56.3 Å². The Morgan fingerprint density at radius 2 is 1.62 bits per heavy atom. The number of rotatable bonds is 7. The van der Waals surface area contributed by atoms with E-state index in [4.69, 9.17) is 28.3 Å². The number of hydrogen-bond acceptors (Lipinski definition) is 4. The van der Waals surface area contributed by atoms with Crippen molar-refractivity contribution >= 4 is 44.9 Å². The van der Waals surface area contributed by atoms with Gasteiger partial charge in [-0.15, -0.1) is 4.40 Å². The van der Waals surface area contributed by atoms with Gasteiger partial charge in [0.1, 0.15) is 0 Å². The minimum atomic E-state index is -4.08. The predicted molar refractivity (Wildman–Crippen MR) is 149 cm³/mol. The summed E-state index contributed by atoms with van der Waals surface area (Å²) >= 11 is 12.1. The molecule has 2 N–H and O–H groups in total. The molecule has 3 aromatic carbocycles. The van der Waals surface area contributed by atoms with Gasteiger partial charge in [0.25, 0.3) is 10.0 Å². The Bertz CT molecular complexity index is 1390. The van der Waals surface area contributed by atoms with E-state index in [-0.39, 0.29) is 29.9 Å². The number of aliphatic hydroxyl groups is 1. The van der Waals surface area contributed by atoms with Crippen LogP contribution in [0.25, 0.3) is 0 Å². The number of halogens is 2. The second-order valence-corrected chi connectivity index (χ2v) is 12.0. The highest BCUT2D eigenvalue weighted by Crippen LogP contribution is 2.30. The summed E-state index contributed by atoms with van der Waals surface area (Å²) in [7, 11) is -4.08. The summed E-state index contributed by atoms with van der Waals surface area (Å²) in [6.45, 7) is 4.28. The number of aliphatic hydroxyl groups excluding tert-OH is 1. The van der Waals surface area contributed by atoms with Gasteiger partial charge in [0.2, 0.25) is 5.96 Å². The van der Waals surface area contributed by atoms with E-state index in [2.05, 4.69) is 9.71 Å². The van der Waals surface area contributed by atoms with Crippen molar-refractivity contribution < 1.29 is 13.5 Å². The van der Waals surface area contributed by atoms with Crippen molar-refractivity contribution in [3.05, 3.63) is 100 Å². The normalized spacial score (nSPS) is 16.6. The first-order chi connectivity index (χ1) is 17.6. The second kappa shape index (κ2) is 11.2. The summed E-state index contributed by atoms with van der Waals surface area (Å²) in [5.41, 5.74) is 2.15. The van der Waals surface area contributed by atoms with Crippen LogP contribution in [0.2, 0.25) is 10.0 Å². The van der Waals surface area contributed by atoms with E-state index in [0.717, 1.165) is 16.8 Å². The van der Waals surface area contributed by atoms with Crippen LogP contribution in [-0.4, -0.2) is 49.9 Å². The Kier molecular flexibility index (Phi) is 8.23. The van der Waals surface area contributed by atoms with E-state index in [0.29, 0.717) is 16.6 Å². The maximum absolute atomic E-state index is 13.2. The molecular formula is C27H28Cl2N4O3S. The Balaban J connectivity index is 1.77. The van der Waals surface area contributed by atoms with Gasteiger partial charge in [-0.25, -0.2) is 5.01 Å². The lowest BCUT2D eigenvalue weighted by Gasteiger charge is -2.26. The maximum atomic E-state index is 13.2. The first-order valence-electron chi connectivity index (χ1n) is 11.7. The number of nitrogens with one attached hydrogen (secondary N) is 1. The molecule has 0 fully saturated rings. The van der Waals surface area contributed by atoms with Gasteiger partial charge in [0, 0.05) is 34.5 Å². The topological polar surface area (TPSA) is 94.4 Å². The zero-order valence-corrected chi connectivity index (χ0v) is 22.8. The lowest BCUT2D eigenvalue weighted by Crippen LogP contribution is -2.43. The lowest BCUT2D eigenvalue weighted by molar-refractivity contribution is 0.161. The lowest BCUT2D eigenvalue weighted by atomic mass is 9.91.